The van der Waals surface area contributed by atoms with Crippen LogP contribution in [0.1, 0.15) is 45.1 Å². The van der Waals surface area contributed by atoms with E-state index in [0.717, 1.165) is 19.5 Å². The van der Waals surface area contributed by atoms with Crippen molar-refractivity contribution in [2.75, 3.05) is 33.2 Å². The molecule has 0 aromatic carbocycles. The maximum Gasteiger partial charge on any atom is 0.246 e. The number of hydrogen-bond donors (Lipinski definition) is 0. The average molecular weight is 292 g/mol. The van der Waals surface area contributed by atoms with Crippen LogP contribution in [-0.2, 0) is 4.79 Å². The van der Waals surface area contributed by atoms with Gasteiger partial charge in [0.25, 0.3) is 0 Å². The van der Waals surface area contributed by atoms with E-state index in [4.69, 9.17) is 0 Å². The fourth-order valence-electron chi connectivity index (χ4n) is 2.94. The van der Waals surface area contributed by atoms with Crippen molar-refractivity contribution in [3.63, 3.8) is 0 Å². The van der Waals surface area contributed by atoms with E-state index < -0.39 is 0 Å². The van der Waals surface area contributed by atoms with E-state index in [0.29, 0.717) is 0 Å². The summed E-state index contributed by atoms with van der Waals surface area (Å²) < 4.78 is 1.72. The molecule has 2 heterocycles. The van der Waals surface area contributed by atoms with Gasteiger partial charge in [0, 0.05) is 26.0 Å². The average Bonchev–Trinajstić information content (AvgIpc) is 2.90. The highest BCUT2D eigenvalue weighted by Gasteiger charge is 2.19. The van der Waals surface area contributed by atoms with E-state index in [9.17, 15) is 4.79 Å². The highest BCUT2D eigenvalue weighted by atomic mass is 16.2. The van der Waals surface area contributed by atoms with Gasteiger partial charge in [-0.05, 0) is 51.9 Å². The SMILES string of the molecule is C[C@@H](C(=O)N(C)CCCN1CCCCCC1)n1cccn1. The summed E-state index contributed by atoms with van der Waals surface area (Å²) in [6.45, 7) is 6.28. The molecule has 1 fully saturated rings. The lowest BCUT2D eigenvalue weighted by atomic mass is 10.2. The van der Waals surface area contributed by atoms with Gasteiger partial charge in [-0.15, -0.1) is 0 Å². The number of carbonyl (C=O) groups excluding carboxylic acids is 1. The molecule has 0 N–H and O–H groups in total. The third-order valence-electron chi connectivity index (χ3n) is 4.32. The molecule has 1 atom stereocenters. The Morgan fingerprint density at radius 3 is 2.62 bits per heavy atom. The second-order valence-electron chi connectivity index (χ2n) is 6.03. The summed E-state index contributed by atoms with van der Waals surface area (Å²) in [7, 11) is 1.89. The zero-order valence-electron chi connectivity index (χ0n) is 13.4. The maximum absolute atomic E-state index is 12.3. The van der Waals surface area contributed by atoms with Crippen LogP contribution in [0.4, 0.5) is 0 Å². The predicted octanol–water partition coefficient (Wildman–Crippen LogP) is 2.17. The zero-order valence-corrected chi connectivity index (χ0v) is 13.4. The molecule has 0 aliphatic carbocycles. The Hall–Kier alpha value is -1.36. The summed E-state index contributed by atoms with van der Waals surface area (Å²) in [4.78, 5) is 16.7. The van der Waals surface area contributed by atoms with Gasteiger partial charge >= 0.3 is 0 Å². The van der Waals surface area contributed by atoms with Crippen molar-refractivity contribution < 1.29 is 4.79 Å². The smallest absolute Gasteiger partial charge is 0.246 e. The van der Waals surface area contributed by atoms with Gasteiger partial charge < -0.3 is 9.80 Å². The lowest BCUT2D eigenvalue weighted by Gasteiger charge is -2.24. The van der Waals surface area contributed by atoms with Crippen LogP contribution in [0.15, 0.2) is 18.5 Å². The molecule has 1 aromatic heterocycles. The zero-order chi connectivity index (χ0) is 15.1. The highest BCUT2D eigenvalue weighted by molar-refractivity contribution is 5.79. The summed E-state index contributed by atoms with van der Waals surface area (Å²) in [6.07, 6.45) is 9.99. The van der Waals surface area contributed by atoms with Crippen molar-refractivity contribution >= 4 is 5.91 Å². The molecule has 5 nitrogen and oxygen atoms in total. The van der Waals surface area contributed by atoms with E-state index >= 15 is 0 Å². The van der Waals surface area contributed by atoms with Crippen molar-refractivity contribution in [2.24, 2.45) is 0 Å². The molecule has 0 bridgehead atoms. The first-order valence-corrected chi connectivity index (χ1v) is 8.15. The number of nitrogens with zero attached hydrogens (tertiary/aromatic N) is 4. The fourth-order valence-corrected chi connectivity index (χ4v) is 2.94. The Morgan fingerprint density at radius 1 is 1.29 bits per heavy atom. The van der Waals surface area contributed by atoms with Crippen molar-refractivity contribution in [3.8, 4) is 0 Å². The Morgan fingerprint density at radius 2 is 2.00 bits per heavy atom. The van der Waals surface area contributed by atoms with E-state index in [1.54, 1.807) is 10.9 Å². The molecule has 0 spiro atoms. The summed E-state index contributed by atoms with van der Waals surface area (Å²) in [5.74, 6) is 0.134. The molecule has 0 unspecified atom stereocenters. The van der Waals surface area contributed by atoms with E-state index in [-0.39, 0.29) is 11.9 Å². The molecule has 0 radical (unpaired) electrons. The Labute approximate surface area is 127 Å². The van der Waals surface area contributed by atoms with Gasteiger partial charge in [0.1, 0.15) is 6.04 Å². The van der Waals surface area contributed by atoms with Crippen LogP contribution in [0.2, 0.25) is 0 Å². The number of amides is 1. The molecule has 1 saturated heterocycles. The first kappa shape index (κ1) is 16.0. The van der Waals surface area contributed by atoms with Crippen LogP contribution in [-0.4, -0.2) is 58.7 Å². The summed E-state index contributed by atoms with van der Waals surface area (Å²) >= 11 is 0. The van der Waals surface area contributed by atoms with Gasteiger partial charge in [0.2, 0.25) is 5.91 Å². The minimum Gasteiger partial charge on any atom is -0.344 e. The third kappa shape index (κ3) is 4.84. The van der Waals surface area contributed by atoms with E-state index in [2.05, 4.69) is 10.00 Å². The molecule has 5 heteroatoms. The second kappa shape index (κ2) is 8.17. The van der Waals surface area contributed by atoms with Crippen molar-refractivity contribution in [3.05, 3.63) is 18.5 Å². The Bertz CT molecular complexity index is 410. The molecule has 2 rings (SSSR count). The third-order valence-corrected chi connectivity index (χ3v) is 4.32. The first-order chi connectivity index (χ1) is 10.2. The van der Waals surface area contributed by atoms with Crippen LogP contribution in [0.3, 0.4) is 0 Å². The van der Waals surface area contributed by atoms with Crippen LogP contribution >= 0.6 is 0 Å². The number of aromatic nitrogens is 2. The quantitative estimate of drug-likeness (QED) is 0.807. The maximum atomic E-state index is 12.3. The largest absolute Gasteiger partial charge is 0.344 e. The monoisotopic (exact) mass is 292 g/mol. The Balaban J connectivity index is 1.71. The lowest BCUT2D eigenvalue weighted by Crippen LogP contribution is -2.36. The highest BCUT2D eigenvalue weighted by Crippen LogP contribution is 2.11. The van der Waals surface area contributed by atoms with Crippen molar-refractivity contribution in [2.45, 2.75) is 45.1 Å². The van der Waals surface area contributed by atoms with Gasteiger partial charge in [0.05, 0.1) is 0 Å². The van der Waals surface area contributed by atoms with Gasteiger partial charge in [-0.1, -0.05) is 12.8 Å². The van der Waals surface area contributed by atoms with E-state index in [1.165, 1.54) is 38.8 Å². The van der Waals surface area contributed by atoms with Gasteiger partial charge in [0.15, 0.2) is 0 Å². The molecular weight excluding hydrogens is 264 g/mol. The van der Waals surface area contributed by atoms with Crippen LogP contribution in [0.25, 0.3) is 0 Å². The lowest BCUT2D eigenvalue weighted by molar-refractivity contribution is -0.133. The predicted molar refractivity (Wildman–Crippen MR) is 84.1 cm³/mol. The topological polar surface area (TPSA) is 41.4 Å². The number of hydrogen-bond acceptors (Lipinski definition) is 3. The van der Waals surface area contributed by atoms with Crippen LogP contribution in [0.5, 0.6) is 0 Å². The number of likely N-dealkylation sites (N-methyl/N-ethyl adjacent to an activating group) is 1. The van der Waals surface area contributed by atoms with Gasteiger partial charge in [-0.25, -0.2) is 0 Å². The molecule has 1 aliphatic heterocycles. The molecule has 0 saturated carbocycles. The number of rotatable bonds is 6. The normalized spacial score (nSPS) is 18.2. The fraction of sp³-hybridized carbons (Fsp3) is 0.750. The molecule has 118 valence electrons. The molecule has 1 aromatic rings. The minimum atomic E-state index is -0.219. The summed E-state index contributed by atoms with van der Waals surface area (Å²) in [5, 5.41) is 4.14. The van der Waals surface area contributed by atoms with Crippen molar-refractivity contribution in [1.29, 1.82) is 0 Å². The summed E-state index contributed by atoms with van der Waals surface area (Å²) in [5.41, 5.74) is 0. The van der Waals surface area contributed by atoms with Crippen LogP contribution in [0, 0.1) is 0 Å². The van der Waals surface area contributed by atoms with Crippen LogP contribution < -0.4 is 0 Å². The van der Waals surface area contributed by atoms with Gasteiger partial charge in [-0.2, -0.15) is 5.10 Å². The molecule has 1 amide bonds. The van der Waals surface area contributed by atoms with Crippen molar-refractivity contribution in [1.82, 2.24) is 19.6 Å². The minimum absolute atomic E-state index is 0.134. The Kier molecular flexibility index (Phi) is 6.23. The molecule has 1 aliphatic rings. The number of carbonyl (C=O) groups is 1. The number of likely N-dealkylation sites (tertiary alicyclic amines) is 1. The van der Waals surface area contributed by atoms with Gasteiger partial charge in [-0.3, -0.25) is 9.48 Å². The van der Waals surface area contributed by atoms with E-state index in [1.807, 2.05) is 31.1 Å². The molecular formula is C16H28N4O. The summed E-state index contributed by atoms with van der Waals surface area (Å²) in [6, 6.07) is 1.63. The second-order valence-corrected chi connectivity index (χ2v) is 6.03. The standard InChI is InChI=1S/C16H28N4O/c1-15(20-14-7-9-17-20)16(21)18(2)10-8-13-19-11-5-3-4-6-12-19/h7,9,14-15H,3-6,8,10-13H2,1-2H3/t15-/m0/s1. The first-order valence-electron chi connectivity index (χ1n) is 8.15. The molecule has 21 heavy (non-hydrogen) atoms.